The van der Waals surface area contributed by atoms with Crippen LogP contribution in [0.3, 0.4) is 0 Å². The van der Waals surface area contributed by atoms with Crippen molar-refractivity contribution in [3.05, 3.63) is 59.6 Å². The van der Waals surface area contributed by atoms with Gasteiger partial charge in [0.15, 0.2) is 9.84 Å². The molecular weight excluding hydrogens is 447 g/mol. The third kappa shape index (κ3) is 5.75. The second-order valence-electron chi connectivity index (χ2n) is 8.36. The van der Waals surface area contributed by atoms with Crippen molar-refractivity contribution in [3.8, 4) is 0 Å². The van der Waals surface area contributed by atoms with E-state index >= 15 is 0 Å². The van der Waals surface area contributed by atoms with Gasteiger partial charge in [-0.25, -0.2) is 13.4 Å². The van der Waals surface area contributed by atoms with Gasteiger partial charge in [0.05, 0.1) is 38.2 Å². The number of nitrogens with zero attached hydrogens (tertiary/aromatic N) is 1. The van der Waals surface area contributed by atoms with Crippen molar-refractivity contribution < 1.29 is 23.3 Å². The van der Waals surface area contributed by atoms with Crippen LogP contribution in [0, 0.1) is 11.8 Å². The first kappa shape index (κ1) is 22.9. The van der Waals surface area contributed by atoms with E-state index in [4.69, 9.17) is 0 Å². The lowest BCUT2D eigenvalue weighted by Gasteiger charge is -2.22. The number of aromatic nitrogens is 1. The summed E-state index contributed by atoms with van der Waals surface area (Å²) in [5.74, 6) is -2.19. The molecule has 1 aromatic heterocycles. The van der Waals surface area contributed by atoms with Crippen LogP contribution in [-0.2, 0) is 21.1 Å². The fraction of sp³-hybridized carbons (Fsp3) is 0.364. The number of sulfone groups is 1. The number of benzene rings is 2. The highest BCUT2D eigenvalue weighted by Crippen LogP contribution is 2.34. The standard InChI is InChI=1S/C22H25BN2O5S2/c26-22(25-21(23(27)28)11-16-6-7-16)17(10-15-4-2-1-3-5-15)13-32(29,30)18-8-9-19-20(12-18)31-14-24-19/h1-5,8-9,12,14,16-17,21,27-28H,6-7,10-11,13H2,(H,25,26)/t17-,21+/m1/s1. The van der Waals surface area contributed by atoms with Crippen LogP contribution in [0.5, 0.6) is 0 Å². The molecule has 2 aromatic carbocycles. The molecule has 1 saturated carbocycles. The molecule has 4 rings (SSSR count). The number of nitrogens with one attached hydrogen (secondary N) is 1. The number of rotatable bonds is 10. The summed E-state index contributed by atoms with van der Waals surface area (Å²) < 4.78 is 27.2. The first-order valence-corrected chi connectivity index (χ1v) is 13.1. The van der Waals surface area contributed by atoms with Crippen LogP contribution in [0.15, 0.2) is 58.9 Å². The molecule has 168 valence electrons. The van der Waals surface area contributed by atoms with Gasteiger partial charge in [0.2, 0.25) is 5.91 Å². The van der Waals surface area contributed by atoms with Crippen LogP contribution >= 0.6 is 11.3 Å². The Morgan fingerprint density at radius 3 is 2.62 bits per heavy atom. The molecule has 2 atom stereocenters. The molecular formula is C22H25BN2O5S2. The predicted octanol–water partition coefficient (Wildman–Crippen LogP) is 2.23. The molecule has 0 saturated heterocycles. The van der Waals surface area contributed by atoms with Crippen molar-refractivity contribution >= 4 is 44.4 Å². The van der Waals surface area contributed by atoms with E-state index in [0.29, 0.717) is 12.3 Å². The molecule has 32 heavy (non-hydrogen) atoms. The summed E-state index contributed by atoms with van der Waals surface area (Å²) in [4.78, 5) is 17.5. The van der Waals surface area contributed by atoms with Crippen LogP contribution in [0.25, 0.3) is 10.2 Å². The maximum absolute atomic E-state index is 13.2. The van der Waals surface area contributed by atoms with E-state index in [1.165, 1.54) is 17.4 Å². The van der Waals surface area contributed by atoms with Gasteiger partial charge < -0.3 is 15.4 Å². The van der Waals surface area contributed by atoms with E-state index in [-0.39, 0.29) is 17.1 Å². The minimum absolute atomic E-state index is 0.150. The molecule has 3 N–H and O–H groups in total. The molecule has 3 aromatic rings. The lowest BCUT2D eigenvalue weighted by molar-refractivity contribution is -0.124. The van der Waals surface area contributed by atoms with E-state index in [1.807, 2.05) is 30.3 Å². The van der Waals surface area contributed by atoms with E-state index in [9.17, 15) is 23.3 Å². The molecule has 0 spiro atoms. The smallest absolute Gasteiger partial charge is 0.426 e. The normalized spacial score (nSPS) is 15.9. The summed E-state index contributed by atoms with van der Waals surface area (Å²) in [6.45, 7) is 0. The maximum atomic E-state index is 13.2. The largest absolute Gasteiger partial charge is 0.475 e. The summed E-state index contributed by atoms with van der Waals surface area (Å²) in [5.41, 5.74) is 3.23. The summed E-state index contributed by atoms with van der Waals surface area (Å²) in [7, 11) is -5.46. The highest BCUT2D eigenvalue weighted by Gasteiger charge is 2.35. The van der Waals surface area contributed by atoms with Gasteiger partial charge in [-0.05, 0) is 42.5 Å². The molecule has 10 heteroatoms. The molecule has 1 aliphatic rings. The van der Waals surface area contributed by atoms with E-state index < -0.39 is 34.7 Å². The molecule has 1 heterocycles. The van der Waals surface area contributed by atoms with Gasteiger partial charge in [-0.15, -0.1) is 11.3 Å². The van der Waals surface area contributed by atoms with Crippen LogP contribution in [0.2, 0.25) is 0 Å². The monoisotopic (exact) mass is 472 g/mol. The number of amides is 1. The first-order chi connectivity index (χ1) is 15.3. The minimum atomic E-state index is -3.77. The van der Waals surface area contributed by atoms with Crippen molar-refractivity contribution in [2.24, 2.45) is 11.8 Å². The molecule has 0 unspecified atom stereocenters. The van der Waals surface area contributed by atoms with Gasteiger partial charge in [0.1, 0.15) is 0 Å². The summed E-state index contributed by atoms with van der Waals surface area (Å²) in [5, 5.41) is 22.1. The topological polar surface area (TPSA) is 117 Å². The molecule has 0 radical (unpaired) electrons. The molecule has 7 nitrogen and oxygen atoms in total. The quantitative estimate of drug-likeness (QED) is 0.390. The highest BCUT2D eigenvalue weighted by molar-refractivity contribution is 7.91. The number of carbonyl (C=O) groups excluding carboxylic acids is 1. The summed E-state index contributed by atoms with van der Waals surface area (Å²) >= 11 is 1.36. The Morgan fingerprint density at radius 1 is 1.19 bits per heavy atom. The number of hydrogen-bond acceptors (Lipinski definition) is 7. The Bertz CT molecular complexity index is 1180. The lowest BCUT2D eigenvalue weighted by Crippen LogP contribution is -2.50. The fourth-order valence-corrected chi connectivity index (χ4v) is 6.14. The van der Waals surface area contributed by atoms with Crippen LogP contribution in [-0.4, -0.2) is 48.2 Å². The lowest BCUT2D eigenvalue weighted by atomic mass is 9.76. The van der Waals surface area contributed by atoms with Crippen molar-refractivity contribution in [1.29, 1.82) is 0 Å². The zero-order valence-corrected chi connectivity index (χ0v) is 19.1. The highest BCUT2D eigenvalue weighted by atomic mass is 32.2. The summed E-state index contributed by atoms with van der Waals surface area (Å²) in [6, 6.07) is 14.0. The SMILES string of the molecule is O=C(N[C@@H](CC1CC1)B(O)O)[C@H](Cc1ccccc1)CS(=O)(=O)c1ccc2ncsc2c1. The Balaban J connectivity index is 1.56. The number of carbonyl (C=O) groups is 1. The van der Waals surface area contributed by atoms with Crippen LogP contribution < -0.4 is 5.32 Å². The number of thiazole rings is 1. The second-order valence-corrected chi connectivity index (χ2v) is 11.3. The van der Waals surface area contributed by atoms with E-state index in [0.717, 1.165) is 28.6 Å². The maximum Gasteiger partial charge on any atom is 0.475 e. The van der Waals surface area contributed by atoms with Crippen LogP contribution in [0.1, 0.15) is 24.8 Å². The van der Waals surface area contributed by atoms with Gasteiger partial charge in [-0.2, -0.15) is 0 Å². The van der Waals surface area contributed by atoms with Gasteiger partial charge in [-0.3, -0.25) is 4.79 Å². The third-order valence-electron chi connectivity index (χ3n) is 5.75. The van der Waals surface area contributed by atoms with Crippen molar-refractivity contribution in [2.45, 2.75) is 36.5 Å². The van der Waals surface area contributed by atoms with Crippen molar-refractivity contribution in [2.75, 3.05) is 5.75 Å². The minimum Gasteiger partial charge on any atom is -0.426 e. The average Bonchev–Trinajstić information content (AvgIpc) is 3.46. The van der Waals surface area contributed by atoms with Gasteiger partial charge in [0, 0.05) is 0 Å². The predicted molar refractivity (Wildman–Crippen MR) is 125 cm³/mol. The van der Waals surface area contributed by atoms with Gasteiger partial charge in [-0.1, -0.05) is 43.2 Å². The zero-order chi connectivity index (χ0) is 22.7. The van der Waals surface area contributed by atoms with E-state index in [1.54, 1.807) is 17.6 Å². The Kier molecular flexibility index (Phi) is 6.95. The first-order valence-electron chi connectivity index (χ1n) is 10.6. The van der Waals surface area contributed by atoms with Gasteiger partial charge >= 0.3 is 7.12 Å². The number of hydrogen-bond donors (Lipinski definition) is 3. The van der Waals surface area contributed by atoms with Crippen molar-refractivity contribution in [3.63, 3.8) is 0 Å². The molecule has 0 bridgehead atoms. The molecule has 1 aliphatic carbocycles. The Labute approximate surface area is 191 Å². The van der Waals surface area contributed by atoms with E-state index in [2.05, 4.69) is 10.3 Å². The molecule has 1 amide bonds. The number of fused-ring (bicyclic) bond motifs is 1. The van der Waals surface area contributed by atoms with Gasteiger partial charge in [0.25, 0.3) is 0 Å². The Hall–Kier alpha value is -2.27. The molecule has 1 fully saturated rings. The fourth-order valence-electron chi connectivity index (χ4n) is 3.78. The summed E-state index contributed by atoms with van der Waals surface area (Å²) in [6.07, 6.45) is 2.70. The average molecular weight is 472 g/mol. The zero-order valence-electron chi connectivity index (χ0n) is 17.4. The Morgan fingerprint density at radius 2 is 1.94 bits per heavy atom. The molecule has 0 aliphatic heterocycles. The van der Waals surface area contributed by atoms with Crippen molar-refractivity contribution in [1.82, 2.24) is 10.3 Å². The third-order valence-corrected chi connectivity index (χ3v) is 8.36. The van der Waals surface area contributed by atoms with Crippen LogP contribution in [0.4, 0.5) is 0 Å². The second kappa shape index (κ2) is 9.70.